The fourth-order valence-corrected chi connectivity index (χ4v) is 3.53. The highest BCUT2D eigenvalue weighted by Crippen LogP contribution is 2.13. The largest absolute Gasteiger partial charge is 0.339 e. The smallest absolute Gasteiger partial charge is 0.244 e. The van der Waals surface area contributed by atoms with Crippen molar-refractivity contribution in [2.75, 3.05) is 26.2 Å². The fourth-order valence-electron chi connectivity index (χ4n) is 3.53. The average Bonchev–Trinajstić information content (AvgIpc) is 3.26. The molecular weight excluding hydrogens is 342 g/mol. The van der Waals surface area contributed by atoms with E-state index in [2.05, 4.69) is 40.4 Å². The maximum atomic E-state index is 12.7. The molecule has 0 N–H and O–H groups in total. The summed E-state index contributed by atoms with van der Waals surface area (Å²) in [7, 11) is 0. The van der Waals surface area contributed by atoms with Gasteiger partial charge in [0.05, 0.1) is 11.2 Å². The van der Waals surface area contributed by atoms with Crippen LogP contribution in [0.2, 0.25) is 0 Å². The molecular formula is C19H25N7O. The molecule has 142 valence electrons. The van der Waals surface area contributed by atoms with Crippen LogP contribution >= 0.6 is 0 Å². The van der Waals surface area contributed by atoms with Crippen LogP contribution in [0.4, 0.5) is 0 Å². The van der Waals surface area contributed by atoms with Crippen molar-refractivity contribution in [2.24, 2.45) is 0 Å². The lowest BCUT2D eigenvalue weighted by molar-refractivity contribution is -0.133. The number of rotatable bonds is 5. The Kier molecular flexibility index (Phi) is 4.89. The number of nitrogens with zero attached hydrogens (tertiary/aromatic N) is 7. The standard InChI is InChI=1S/C19H25N7O/c1-3-25-13-16(15(2)21-25)12-23-8-10-24(11-9-23)19(27)14-26-18-7-5-4-6-17(18)20-22-26/h4-7,13H,3,8-12,14H2,1-2H3. The molecule has 1 fully saturated rings. The Balaban J connectivity index is 1.33. The van der Waals surface area contributed by atoms with Crippen LogP contribution in [0.5, 0.6) is 0 Å². The van der Waals surface area contributed by atoms with Crippen LogP contribution in [0.3, 0.4) is 0 Å². The van der Waals surface area contributed by atoms with Gasteiger partial charge in [0.15, 0.2) is 0 Å². The van der Waals surface area contributed by atoms with Crippen molar-refractivity contribution in [3.05, 3.63) is 41.7 Å². The summed E-state index contributed by atoms with van der Waals surface area (Å²) in [6, 6.07) is 7.71. The van der Waals surface area contributed by atoms with Gasteiger partial charge in [0, 0.05) is 51.0 Å². The molecule has 4 rings (SSSR count). The lowest BCUT2D eigenvalue weighted by Crippen LogP contribution is -2.49. The number of benzene rings is 1. The molecule has 3 aromatic rings. The van der Waals surface area contributed by atoms with E-state index in [-0.39, 0.29) is 12.5 Å². The van der Waals surface area contributed by atoms with Gasteiger partial charge in [-0.3, -0.25) is 14.4 Å². The summed E-state index contributed by atoms with van der Waals surface area (Å²) >= 11 is 0. The van der Waals surface area contributed by atoms with Gasteiger partial charge >= 0.3 is 0 Å². The number of carbonyl (C=O) groups is 1. The van der Waals surface area contributed by atoms with Gasteiger partial charge < -0.3 is 4.90 Å². The molecule has 8 nitrogen and oxygen atoms in total. The Morgan fingerprint density at radius 3 is 2.67 bits per heavy atom. The van der Waals surface area contributed by atoms with Crippen molar-refractivity contribution in [1.29, 1.82) is 0 Å². The van der Waals surface area contributed by atoms with Crippen molar-refractivity contribution in [3.8, 4) is 0 Å². The zero-order chi connectivity index (χ0) is 18.8. The van der Waals surface area contributed by atoms with Gasteiger partial charge in [-0.25, -0.2) is 4.68 Å². The van der Waals surface area contributed by atoms with Gasteiger partial charge in [-0.05, 0) is 26.0 Å². The minimum atomic E-state index is 0.0975. The molecule has 0 radical (unpaired) electrons. The molecule has 0 saturated carbocycles. The molecule has 0 aliphatic carbocycles. The third-order valence-corrected chi connectivity index (χ3v) is 5.20. The third kappa shape index (κ3) is 3.71. The molecule has 1 saturated heterocycles. The summed E-state index contributed by atoms with van der Waals surface area (Å²) in [6.45, 7) is 9.41. The topological polar surface area (TPSA) is 72.1 Å². The Labute approximate surface area is 158 Å². The lowest BCUT2D eigenvalue weighted by atomic mass is 10.2. The minimum Gasteiger partial charge on any atom is -0.339 e. The van der Waals surface area contributed by atoms with E-state index in [4.69, 9.17) is 0 Å². The zero-order valence-corrected chi connectivity index (χ0v) is 15.9. The molecule has 1 aromatic carbocycles. The van der Waals surface area contributed by atoms with Crippen molar-refractivity contribution in [1.82, 2.24) is 34.6 Å². The number of piperazine rings is 1. The van der Waals surface area contributed by atoms with Gasteiger partial charge in [0.1, 0.15) is 12.1 Å². The van der Waals surface area contributed by atoms with Crippen LogP contribution in [-0.4, -0.2) is 66.7 Å². The number of fused-ring (bicyclic) bond motifs is 1. The molecule has 8 heteroatoms. The van der Waals surface area contributed by atoms with Gasteiger partial charge in [0.2, 0.25) is 5.91 Å². The van der Waals surface area contributed by atoms with Crippen LogP contribution in [0, 0.1) is 6.92 Å². The Bertz CT molecular complexity index is 937. The monoisotopic (exact) mass is 367 g/mol. The number of carbonyl (C=O) groups excluding carboxylic acids is 1. The molecule has 1 amide bonds. The molecule has 0 atom stereocenters. The van der Waals surface area contributed by atoms with Crippen molar-refractivity contribution in [2.45, 2.75) is 33.5 Å². The number of aromatic nitrogens is 5. The summed E-state index contributed by atoms with van der Waals surface area (Å²) in [6.07, 6.45) is 2.13. The second kappa shape index (κ2) is 7.48. The second-order valence-electron chi connectivity index (χ2n) is 6.99. The van der Waals surface area contributed by atoms with Crippen LogP contribution in [0.15, 0.2) is 30.5 Å². The van der Waals surface area contributed by atoms with Gasteiger partial charge in [-0.1, -0.05) is 17.3 Å². The van der Waals surface area contributed by atoms with Crippen LogP contribution in [0.25, 0.3) is 11.0 Å². The Hall–Kier alpha value is -2.74. The summed E-state index contributed by atoms with van der Waals surface area (Å²) in [5, 5.41) is 12.8. The SMILES string of the molecule is CCn1cc(CN2CCN(C(=O)Cn3nnc4ccccc43)CC2)c(C)n1. The minimum absolute atomic E-state index is 0.0975. The normalized spacial score (nSPS) is 15.6. The summed E-state index contributed by atoms with van der Waals surface area (Å²) in [5.41, 5.74) is 4.07. The highest BCUT2D eigenvalue weighted by molar-refractivity contribution is 5.79. The maximum absolute atomic E-state index is 12.7. The van der Waals surface area contributed by atoms with E-state index in [1.165, 1.54) is 5.56 Å². The molecule has 27 heavy (non-hydrogen) atoms. The molecule has 1 aliphatic heterocycles. The van der Waals surface area contributed by atoms with E-state index >= 15 is 0 Å². The first kappa shape index (κ1) is 17.7. The van der Waals surface area contributed by atoms with E-state index in [0.29, 0.717) is 0 Å². The van der Waals surface area contributed by atoms with E-state index in [0.717, 1.165) is 56.0 Å². The van der Waals surface area contributed by atoms with Gasteiger partial charge in [-0.15, -0.1) is 5.10 Å². The predicted octanol–water partition coefficient (Wildman–Crippen LogP) is 1.30. The molecule has 1 aliphatic rings. The first-order valence-electron chi connectivity index (χ1n) is 9.45. The average molecular weight is 367 g/mol. The number of hydrogen-bond donors (Lipinski definition) is 0. The molecule has 2 aromatic heterocycles. The van der Waals surface area contributed by atoms with Crippen molar-refractivity contribution >= 4 is 16.9 Å². The van der Waals surface area contributed by atoms with Crippen molar-refractivity contribution in [3.63, 3.8) is 0 Å². The van der Waals surface area contributed by atoms with E-state index < -0.39 is 0 Å². The lowest BCUT2D eigenvalue weighted by Gasteiger charge is -2.34. The Morgan fingerprint density at radius 1 is 1.15 bits per heavy atom. The molecule has 0 unspecified atom stereocenters. The van der Waals surface area contributed by atoms with E-state index in [9.17, 15) is 4.79 Å². The number of hydrogen-bond acceptors (Lipinski definition) is 5. The number of aryl methyl sites for hydroxylation is 2. The predicted molar refractivity (Wildman–Crippen MR) is 102 cm³/mol. The zero-order valence-electron chi connectivity index (χ0n) is 15.9. The molecule has 0 bridgehead atoms. The quantitative estimate of drug-likeness (QED) is 0.680. The summed E-state index contributed by atoms with van der Waals surface area (Å²) < 4.78 is 3.67. The first-order chi connectivity index (χ1) is 13.1. The summed E-state index contributed by atoms with van der Waals surface area (Å²) in [5.74, 6) is 0.0975. The number of para-hydroxylation sites is 1. The van der Waals surface area contributed by atoms with Gasteiger partial charge in [-0.2, -0.15) is 5.10 Å². The van der Waals surface area contributed by atoms with Crippen LogP contribution in [0.1, 0.15) is 18.2 Å². The molecule has 3 heterocycles. The maximum Gasteiger partial charge on any atom is 0.244 e. The summed E-state index contributed by atoms with van der Waals surface area (Å²) in [4.78, 5) is 17.0. The second-order valence-corrected chi connectivity index (χ2v) is 6.99. The van der Waals surface area contributed by atoms with Gasteiger partial charge in [0.25, 0.3) is 0 Å². The third-order valence-electron chi connectivity index (χ3n) is 5.20. The van der Waals surface area contributed by atoms with Crippen molar-refractivity contribution < 1.29 is 4.79 Å². The van der Waals surface area contributed by atoms with Crippen LogP contribution < -0.4 is 0 Å². The Morgan fingerprint density at radius 2 is 1.93 bits per heavy atom. The fraction of sp³-hybridized carbons (Fsp3) is 0.474. The van der Waals surface area contributed by atoms with E-state index in [1.807, 2.05) is 33.8 Å². The molecule has 0 spiro atoms. The van der Waals surface area contributed by atoms with Crippen LogP contribution in [-0.2, 0) is 24.4 Å². The highest BCUT2D eigenvalue weighted by Gasteiger charge is 2.22. The highest BCUT2D eigenvalue weighted by atomic mass is 16.2. The first-order valence-corrected chi connectivity index (χ1v) is 9.45. The number of amides is 1. The van der Waals surface area contributed by atoms with E-state index in [1.54, 1.807) is 4.68 Å².